The third-order valence-electron chi connectivity index (χ3n) is 3.55. The van der Waals surface area contributed by atoms with Gasteiger partial charge in [0.15, 0.2) is 11.6 Å². The molecule has 0 unspecified atom stereocenters. The van der Waals surface area contributed by atoms with Crippen molar-refractivity contribution in [2.75, 3.05) is 37.7 Å². The summed E-state index contributed by atoms with van der Waals surface area (Å²) in [6.07, 6.45) is 1.12. The molecule has 2 N–H and O–H groups in total. The van der Waals surface area contributed by atoms with Crippen molar-refractivity contribution >= 4 is 55.8 Å². The van der Waals surface area contributed by atoms with E-state index in [0.717, 1.165) is 48.8 Å². The first-order chi connectivity index (χ1) is 12.8. The molecule has 4 nitrogen and oxygen atoms in total. The van der Waals surface area contributed by atoms with Crippen LogP contribution in [0.25, 0.3) is 0 Å². The average Bonchev–Trinajstić information content (AvgIpc) is 3.35. The van der Waals surface area contributed by atoms with Gasteiger partial charge in [-0.2, -0.15) is 22.7 Å². The average molecular weight is 429 g/mol. The molecule has 0 aromatic carbocycles. The van der Waals surface area contributed by atoms with E-state index in [9.17, 15) is 9.59 Å². The van der Waals surface area contributed by atoms with Gasteiger partial charge in [0.1, 0.15) is 0 Å². The number of carbonyl (C=O) groups is 2. The number of hydrogen-bond acceptors (Lipinski definition) is 8. The highest BCUT2D eigenvalue weighted by Crippen LogP contribution is 2.19. The minimum absolute atomic E-state index is 0.212. The highest BCUT2D eigenvalue weighted by Gasteiger charge is 2.05. The van der Waals surface area contributed by atoms with Gasteiger partial charge < -0.3 is 10.6 Å². The number of nitrogens with one attached hydrogen (secondary N) is 2. The van der Waals surface area contributed by atoms with Crippen molar-refractivity contribution in [1.29, 1.82) is 0 Å². The van der Waals surface area contributed by atoms with Crippen LogP contribution < -0.4 is 10.6 Å². The van der Waals surface area contributed by atoms with Crippen LogP contribution in [0.5, 0.6) is 0 Å². The lowest BCUT2D eigenvalue weighted by Crippen LogP contribution is -2.21. The summed E-state index contributed by atoms with van der Waals surface area (Å²) < 4.78 is 0. The van der Waals surface area contributed by atoms with Crippen LogP contribution in [0.1, 0.15) is 33.6 Å². The van der Waals surface area contributed by atoms with Gasteiger partial charge in [0.2, 0.25) is 0 Å². The van der Waals surface area contributed by atoms with Crippen LogP contribution in [-0.4, -0.2) is 49.3 Å². The zero-order valence-corrected chi connectivity index (χ0v) is 17.8. The summed E-state index contributed by atoms with van der Waals surface area (Å²) in [7, 11) is 3.68. The van der Waals surface area contributed by atoms with Crippen molar-refractivity contribution in [2.24, 2.45) is 0 Å². The lowest BCUT2D eigenvalue weighted by molar-refractivity contribution is 0.0975. The third-order valence-corrected chi connectivity index (χ3v) is 7.33. The summed E-state index contributed by atoms with van der Waals surface area (Å²) in [5.74, 6) is 2.47. The van der Waals surface area contributed by atoms with Gasteiger partial charge in [-0.3, -0.25) is 9.59 Å². The zero-order chi connectivity index (χ0) is 18.5. The van der Waals surface area contributed by atoms with Crippen LogP contribution in [0.4, 0.5) is 0 Å². The van der Waals surface area contributed by atoms with Gasteiger partial charge in [-0.25, -0.2) is 0 Å². The van der Waals surface area contributed by atoms with Gasteiger partial charge >= 0.3 is 0 Å². The van der Waals surface area contributed by atoms with Crippen molar-refractivity contribution < 1.29 is 9.59 Å². The van der Waals surface area contributed by atoms with Crippen LogP contribution in [0.2, 0.25) is 0 Å². The Morgan fingerprint density at radius 2 is 1.23 bits per heavy atom. The lowest BCUT2D eigenvalue weighted by atomic mass is 10.2. The van der Waals surface area contributed by atoms with Crippen LogP contribution >= 0.6 is 44.3 Å². The van der Waals surface area contributed by atoms with E-state index in [0.29, 0.717) is 12.8 Å². The molecular weight excluding hydrogens is 404 g/mol. The van der Waals surface area contributed by atoms with Crippen LogP contribution in [0.3, 0.4) is 0 Å². The van der Waals surface area contributed by atoms with E-state index in [1.807, 2.05) is 55.2 Å². The summed E-state index contributed by atoms with van der Waals surface area (Å²) in [5.41, 5.74) is 1.65. The fourth-order valence-corrected chi connectivity index (χ4v) is 5.35. The second-order valence-electron chi connectivity index (χ2n) is 5.51. The van der Waals surface area contributed by atoms with Gasteiger partial charge in [0, 0.05) is 72.4 Å². The molecule has 0 radical (unpaired) electrons. The smallest absolute Gasteiger partial charge is 0.164 e. The molecule has 2 aromatic heterocycles. The molecule has 2 aromatic rings. The lowest BCUT2D eigenvalue weighted by Gasteiger charge is -2.05. The first-order valence-corrected chi connectivity index (χ1v) is 12.9. The Labute approximate surface area is 170 Å². The number of rotatable bonds is 15. The van der Waals surface area contributed by atoms with E-state index < -0.39 is 0 Å². The van der Waals surface area contributed by atoms with E-state index in [2.05, 4.69) is 10.6 Å². The predicted octanol–water partition coefficient (Wildman–Crippen LogP) is 4.22. The normalized spacial score (nSPS) is 10.9. The molecule has 0 fully saturated rings. The van der Waals surface area contributed by atoms with E-state index in [1.54, 1.807) is 22.7 Å². The molecule has 0 aliphatic rings. The predicted molar refractivity (Wildman–Crippen MR) is 117 cm³/mol. The maximum atomic E-state index is 11.8. The van der Waals surface area contributed by atoms with Crippen molar-refractivity contribution in [3.63, 3.8) is 0 Å². The molecule has 0 bridgehead atoms. The van der Waals surface area contributed by atoms with Crippen molar-refractivity contribution in [3.05, 3.63) is 44.8 Å². The Bertz CT molecular complexity index is 573. The number of hydrogen-bond donors (Lipinski definition) is 2. The number of ketones is 2. The van der Waals surface area contributed by atoms with E-state index >= 15 is 0 Å². The van der Waals surface area contributed by atoms with E-state index in [1.165, 1.54) is 0 Å². The van der Waals surface area contributed by atoms with Crippen LogP contribution in [-0.2, 0) is 0 Å². The second kappa shape index (κ2) is 13.5. The molecule has 2 rings (SSSR count). The van der Waals surface area contributed by atoms with Gasteiger partial charge in [0.25, 0.3) is 0 Å². The first-order valence-electron chi connectivity index (χ1n) is 8.54. The SMILES string of the molecule is O=C(CCNCCSSCCNCCC(=O)c1ccsc1)c1ccsc1. The molecule has 0 atom stereocenters. The van der Waals surface area contributed by atoms with Crippen LogP contribution in [0, 0.1) is 0 Å². The standard InChI is InChI=1S/C18H24N2O2S4/c21-17(15-3-9-23-13-15)1-5-19-7-11-25-26-12-8-20-6-2-18(22)16-4-10-24-14-16/h3-4,9-10,13-14,19-20H,1-2,5-8,11-12H2. The molecule has 0 aliphatic carbocycles. The van der Waals surface area contributed by atoms with Gasteiger partial charge in [-0.1, -0.05) is 21.6 Å². The molecule has 0 aliphatic heterocycles. The topological polar surface area (TPSA) is 58.2 Å². The highest BCUT2D eigenvalue weighted by atomic mass is 33.1. The molecule has 0 spiro atoms. The largest absolute Gasteiger partial charge is 0.315 e. The zero-order valence-electron chi connectivity index (χ0n) is 14.6. The monoisotopic (exact) mass is 428 g/mol. The van der Waals surface area contributed by atoms with E-state index in [4.69, 9.17) is 0 Å². The second-order valence-corrected chi connectivity index (χ2v) is 9.78. The van der Waals surface area contributed by atoms with Crippen molar-refractivity contribution in [3.8, 4) is 0 Å². The minimum Gasteiger partial charge on any atom is -0.315 e. The summed E-state index contributed by atoms with van der Waals surface area (Å²) in [4.78, 5) is 23.6. The maximum absolute atomic E-state index is 11.8. The Morgan fingerprint density at radius 3 is 1.62 bits per heavy atom. The van der Waals surface area contributed by atoms with Crippen molar-refractivity contribution in [1.82, 2.24) is 10.6 Å². The number of thiophene rings is 2. The number of Topliss-reactive ketones (excluding diaryl/α,β-unsaturated/α-hetero) is 2. The third kappa shape index (κ3) is 8.83. The molecule has 0 saturated carbocycles. The van der Waals surface area contributed by atoms with Crippen LogP contribution in [0.15, 0.2) is 33.7 Å². The Morgan fingerprint density at radius 1 is 0.769 bits per heavy atom. The Balaban J connectivity index is 1.33. The fraction of sp³-hybridized carbons (Fsp3) is 0.444. The molecular formula is C18H24N2O2S4. The minimum atomic E-state index is 0.212. The van der Waals surface area contributed by atoms with Gasteiger partial charge in [-0.05, 0) is 22.9 Å². The maximum Gasteiger partial charge on any atom is 0.164 e. The summed E-state index contributed by atoms with van der Waals surface area (Å²) >= 11 is 3.12. The molecule has 8 heteroatoms. The first kappa shape index (κ1) is 21.7. The Kier molecular flexibility index (Phi) is 11.3. The highest BCUT2D eigenvalue weighted by molar-refractivity contribution is 8.76. The fourth-order valence-electron chi connectivity index (χ4n) is 2.13. The molecule has 0 saturated heterocycles. The summed E-state index contributed by atoms with van der Waals surface area (Å²) in [6.45, 7) is 3.30. The Hall–Kier alpha value is -0.640. The molecule has 2 heterocycles. The summed E-state index contributed by atoms with van der Waals surface area (Å²) in [6, 6.07) is 3.76. The van der Waals surface area contributed by atoms with Gasteiger partial charge in [-0.15, -0.1) is 0 Å². The molecule has 142 valence electrons. The van der Waals surface area contributed by atoms with E-state index in [-0.39, 0.29) is 11.6 Å². The number of carbonyl (C=O) groups excluding carboxylic acids is 2. The molecule has 0 amide bonds. The molecule has 26 heavy (non-hydrogen) atoms. The van der Waals surface area contributed by atoms with Crippen molar-refractivity contribution in [2.45, 2.75) is 12.8 Å². The quantitative estimate of drug-likeness (QED) is 0.252. The summed E-state index contributed by atoms with van der Waals surface area (Å²) in [5, 5.41) is 14.3. The van der Waals surface area contributed by atoms with Gasteiger partial charge in [0.05, 0.1) is 0 Å².